The first-order chi connectivity index (χ1) is 4.20. The van der Waals surface area contributed by atoms with Crippen molar-refractivity contribution in [3.63, 3.8) is 0 Å². The van der Waals surface area contributed by atoms with Crippen LogP contribution in [0.2, 0.25) is 0 Å². The molecule has 1 aromatic carbocycles. The number of hydrogen-bond donors (Lipinski definition) is 0. The Morgan fingerprint density at radius 2 is 1.50 bits per heavy atom. The van der Waals surface area contributed by atoms with Crippen LogP contribution in [0.3, 0.4) is 0 Å². The molecule has 0 amide bonds. The zero-order valence-electron chi connectivity index (χ0n) is 6.57. The smallest absolute Gasteiger partial charge is 0 e. The second kappa shape index (κ2) is 3.88. The van der Waals surface area contributed by atoms with E-state index in [4.69, 9.17) is 0 Å². The molecule has 1 aromatic rings. The zero-order chi connectivity index (χ0) is 6.85. The van der Waals surface area contributed by atoms with Crippen molar-refractivity contribution in [2.75, 3.05) is 0 Å². The van der Waals surface area contributed by atoms with Crippen LogP contribution in [0, 0.1) is 20.8 Å². The van der Waals surface area contributed by atoms with Crippen LogP contribution in [0.25, 0.3) is 0 Å². The van der Waals surface area contributed by atoms with Gasteiger partial charge in [-0.15, -0.1) is 0 Å². The second-order valence-electron chi connectivity index (χ2n) is 2.59. The molecule has 0 aromatic heterocycles. The van der Waals surface area contributed by atoms with E-state index in [1.807, 2.05) is 0 Å². The molecule has 1 rings (SSSR count). The molecule has 1 heteroatoms. The normalized spacial score (nSPS) is 8.70. The molecule has 0 heterocycles. The van der Waals surface area contributed by atoms with Gasteiger partial charge in [-0.2, -0.15) is 0 Å². The van der Waals surface area contributed by atoms with Gasteiger partial charge in [-0.3, -0.25) is 0 Å². The molecule has 10 heavy (non-hydrogen) atoms. The Hall–Kier alpha value is -0.157. The van der Waals surface area contributed by atoms with Crippen molar-refractivity contribution in [2.45, 2.75) is 20.8 Å². The van der Waals surface area contributed by atoms with Gasteiger partial charge in [0.05, 0.1) is 0 Å². The van der Waals surface area contributed by atoms with Gasteiger partial charge in [-0.1, -0.05) is 23.8 Å². The molecular weight excluding hydrogens is 211 g/mol. The largest absolute Gasteiger partial charge is 0.0590 e. The third kappa shape index (κ3) is 2.23. The summed E-state index contributed by atoms with van der Waals surface area (Å²) in [5.74, 6) is 0. The fourth-order valence-electron chi connectivity index (χ4n) is 0.891. The molecule has 1 radical (unpaired) electrons. The van der Waals surface area contributed by atoms with Crippen molar-refractivity contribution in [2.24, 2.45) is 0 Å². The molecule has 57 valence electrons. The van der Waals surface area contributed by atoms with E-state index >= 15 is 0 Å². The molecule has 0 unspecified atom stereocenters. The third-order valence-electron chi connectivity index (χ3n) is 1.66. The molecule has 0 aliphatic heterocycles. The second-order valence-corrected chi connectivity index (χ2v) is 2.59. The molecule has 0 fully saturated rings. The summed E-state index contributed by atoms with van der Waals surface area (Å²) in [5.41, 5.74) is 4.11. The van der Waals surface area contributed by atoms with E-state index < -0.39 is 0 Å². The Labute approximate surface area is 75.4 Å². The topological polar surface area (TPSA) is 0 Å². The van der Waals surface area contributed by atoms with Gasteiger partial charge in [-0.25, -0.2) is 0 Å². The Morgan fingerprint density at radius 3 is 1.90 bits per heavy atom. The van der Waals surface area contributed by atoms with Gasteiger partial charge in [0.2, 0.25) is 0 Å². The molecule has 0 N–H and O–H groups in total. The molecule has 0 aliphatic rings. The van der Waals surface area contributed by atoms with Crippen molar-refractivity contribution in [3.05, 3.63) is 34.9 Å². The molecule has 0 nitrogen and oxygen atoms in total. The maximum atomic E-state index is 2.20. The van der Waals surface area contributed by atoms with Gasteiger partial charge in [0, 0.05) is 19.5 Å². The molecular formula is C9H12Rh. The fraction of sp³-hybridized carbons (Fsp3) is 0.333. The number of hydrogen-bond acceptors (Lipinski definition) is 0. The molecule has 0 saturated heterocycles. The van der Waals surface area contributed by atoms with Crippen LogP contribution < -0.4 is 0 Å². The van der Waals surface area contributed by atoms with Crippen LogP contribution in [0.1, 0.15) is 16.7 Å². The first kappa shape index (κ1) is 9.84. The van der Waals surface area contributed by atoms with Gasteiger partial charge >= 0.3 is 0 Å². The average Bonchev–Trinajstić information content (AvgIpc) is 1.80. The standard InChI is InChI=1S/C9H12.Rh/c1-7-4-5-8(2)9(3)6-7;/h4-6H,1-3H3;. The Bertz CT molecular complexity index is 216. The maximum absolute atomic E-state index is 2.20. The van der Waals surface area contributed by atoms with Crippen molar-refractivity contribution in [1.29, 1.82) is 0 Å². The summed E-state index contributed by atoms with van der Waals surface area (Å²) in [6, 6.07) is 6.50. The molecule has 0 bridgehead atoms. The summed E-state index contributed by atoms with van der Waals surface area (Å²) in [4.78, 5) is 0. The van der Waals surface area contributed by atoms with Gasteiger partial charge in [0.25, 0.3) is 0 Å². The summed E-state index contributed by atoms with van der Waals surface area (Å²) >= 11 is 0. The molecule has 0 spiro atoms. The van der Waals surface area contributed by atoms with Crippen LogP contribution >= 0.6 is 0 Å². The molecule has 0 saturated carbocycles. The molecule has 0 aliphatic carbocycles. The van der Waals surface area contributed by atoms with Crippen molar-refractivity contribution in [3.8, 4) is 0 Å². The third-order valence-corrected chi connectivity index (χ3v) is 1.66. The van der Waals surface area contributed by atoms with Crippen LogP contribution in [0.15, 0.2) is 18.2 Å². The first-order valence-corrected chi connectivity index (χ1v) is 3.24. The molecule has 0 atom stereocenters. The minimum Gasteiger partial charge on any atom is -0.0590 e. The van der Waals surface area contributed by atoms with Crippen molar-refractivity contribution in [1.82, 2.24) is 0 Å². The monoisotopic (exact) mass is 223 g/mol. The van der Waals surface area contributed by atoms with Crippen molar-refractivity contribution < 1.29 is 19.5 Å². The van der Waals surface area contributed by atoms with Gasteiger partial charge in [-0.05, 0) is 31.9 Å². The Kier molecular flexibility index (Phi) is 3.82. The van der Waals surface area contributed by atoms with Crippen molar-refractivity contribution >= 4 is 0 Å². The summed E-state index contributed by atoms with van der Waals surface area (Å²) in [6.07, 6.45) is 0. The van der Waals surface area contributed by atoms with E-state index in [9.17, 15) is 0 Å². The average molecular weight is 223 g/mol. The van der Waals surface area contributed by atoms with E-state index in [-0.39, 0.29) is 19.5 Å². The van der Waals surface area contributed by atoms with E-state index in [0.29, 0.717) is 0 Å². The van der Waals surface area contributed by atoms with E-state index in [2.05, 4.69) is 39.0 Å². The van der Waals surface area contributed by atoms with E-state index in [1.54, 1.807) is 0 Å². The predicted octanol–water partition coefficient (Wildman–Crippen LogP) is 2.61. The Balaban J connectivity index is 0.000000810. The summed E-state index contributed by atoms with van der Waals surface area (Å²) in [7, 11) is 0. The van der Waals surface area contributed by atoms with Gasteiger partial charge in [0.1, 0.15) is 0 Å². The minimum absolute atomic E-state index is 0. The van der Waals surface area contributed by atoms with Crippen LogP contribution in [-0.4, -0.2) is 0 Å². The first-order valence-electron chi connectivity index (χ1n) is 3.24. The predicted molar refractivity (Wildman–Crippen MR) is 40.7 cm³/mol. The van der Waals surface area contributed by atoms with Crippen LogP contribution in [-0.2, 0) is 19.5 Å². The fourth-order valence-corrected chi connectivity index (χ4v) is 0.891. The SMILES string of the molecule is Cc1ccc(C)c(C)c1.[Rh]. The summed E-state index contributed by atoms with van der Waals surface area (Å²) < 4.78 is 0. The van der Waals surface area contributed by atoms with Crippen LogP contribution in [0.5, 0.6) is 0 Å². The van der Waals surface area contributed by atoms with E-state index in [0.717, 1.165) is 0 Å². The summed E-state index contributed by atoms with van der Waals surface area (Å²) in [6.45, 7) is 6.39. The van der Waals surface area contributed by atoms with E-state index in [1.165, 1.54) is 16.7 Å². The number of aryl methyl sites for hydroxylation is 3. The quantitative estimate of drug-likeness (QED) is 0.593. The Morgan fingerprint density at radius 1 is 0.900 bits per heavy atom. The summed E-state index contributed by atoms with van der Waals surface area (Å²) in [5, 5.41) is 0. The number of rotatable bonds is 0. The number of benzene rings is 1. The zero-order valence-corrected chi connectivity index (χ0v) is 8.20. The van der Waals surface area contributed by atoms with Gasteiger partial charge < -0.3 is 0 Å². The maximum Gasteiger partial charge on any atom is 0 e. The minimum atomic E-state index is 0. The van der Waals surface area contributed by atoms with Crippen LogP contribution in [0.4, 0.5) is 0 Å². The van der Waals surface area contributed by atoms with Gasteiger partial charge in [0.15, 0.2) is 0 Å².